The maximum atomic E-state index is 11.6. The summed E-state index contributed by atoms with van der Waals surface area (Å²) >= 11 is 6.17. The van der Waals surface area contributed by atoms with E-state index in [4.69, 9.17) is 21.4 Å². The van der Waals surface area contributed by atoms with Crippen LogP contribution in [0, 0.1) is 0 Å². The molecule has 2 rings (SSSR count). The molecule has 0 bridgehead atoms. The van der Waals surface area contributed by atoms with Crippen LogP contribution in [0.1, 0.15) is 13.2 Å². The van der Waals surface area contributed by atoms with Gasteiger partial charge in [-0.15, -0.1) is 11.6 Å². The second-order valence-electron chi connectivity index (χ2n) is 4.32. The van der Waals surface area contributed by atoms with Gasteiger partial charge in [-0.1, -0.05) is 0 Å². The molecule has 8 heteroatoms. The topological polar surface area (TPSA) is 105 Å². The lowest BCUT2D eigenvalue weighted by atomic mass is 10.0. The molecule has 7 nitrogen and oxygen atoms in total. The summed E-state index contributed by atoms with van der Waals surface area (Å²) in [5, 5.41) is 18.9. The molecule has 4 atom stereocenters. The fourth-order valence-corrected chi connectivity index (χ4v) is 2.27. The summed E-state index contributed by atoms with van der Waals surface area (Å²) in [4.78, 5) is 23.4. The largest absolute Gasteiger partial charge is 0.394 e. The smallest absolute Gasteiger partial charge is 0.330 e. The highest BCUT2D eigenvalue weighted by molar-refractivity contribution is 6.24. The van der Waals surface area contributed by atoms with Crippen molar-refractivity contribution < 1.29 is 14.9 Å². The highest BCUT2D eigenvalue weighted by atomic mass is 35.5. The standard InChI is InChI=1S/C10H13ClN2O5/c1-10(11)7(16)5(4-14)18-8(10)13-3-2-6(15)12-9(13)17/h2-3,5,7-8,14,16H,4H2,1H3,(H,12,15,17)/t5?,7-,8?,10-/m1/s1. The average molecular weight is 277 g/mol. The summed E-state index contributed by atoms with van der Waals surface area (Å²) in [6.07, 6.45) is -1.75. The second-order valence-corrected chi connectivity index (χ2v) is 5.14. The molecule has 2 heterocycles. The van der Waals surface area contributed by atoms with Crippen LogP contribution in [0.15, 0.2) is 21.9 Å². The number of nitrogens with zero attached hydrogens (tertiary/aromatic N) is 1. The van der Waals surface area contributed by atoms with Crippen LogP contribution < -0.4 is 11.2 Å². The van der Waals surface area contributed by atoms with Gasteiger partial charge >= 0.3 is 5.69 Å². The van der Waals surface area contributed by atoms with Crippen molar-refractivity contribution in [2.24, 2.45) is 0 Å². The van der Waals surface area contributed by atoms with Gasteiger partial charge in [0.25, 0.3) is 5.56 Å². The lowest BCUT2D eigenvalue weighted by Crippen LogP contribution is -2.42. The average Bonchev–Trinajstić information content (AvgIpc) is 2.52. The molecular weight excluding hydrogens is 264 g/mol. The number of hydrogen-bond donors (Lipinski definition) is 3. The van der Waals surface area contributed by atoms with Gasteiger partial charge in [0, 0.05) is 12.3 Å². The highest BCUT2D eigenvalue weighted by Crippen LogP contribution is 2.42. The molecule has 0 spiro atoms. The summed E-state index contributed by atoms with van der Waals surface area (Å²) < 4.78 is 6.43. The van der Waals surface area contributed by atoms with E-state index in [-0.39, 0.29) is 0 Å². The summed E-state index contributed by atoms with van der Waals surface area (Å²) in [7, 11) is 0. The van der Waals surface area contributed by atoms with Crippen molar-refractivity contribution >= 4 is 11.6 Å². The third-order valence-corrected chi connectivity index (χ3v) is 3.41. The predicted molar refractivity (Wildman–Crippen MR) is 62.6 cm³/mol. The van der Waals surface area contributed by atoms with E-state index in [0.717, 1.165) is 10.6 Å². The SMILES string of the molecule is C[C@]1(Cl)C(n2ccc(=O)[nH]c2=O)OC(CO)[C@H]1O. The Bertz CT molecular complexity index is 552. The molecule has 0 radical (unpaired) electrons. The summed E-state index contributed by atoms with van der Waals surface area (Å²) in [5.74, 6) is 0. The number of nitrogens with one attached hydrogen (secondary N) is 1. The molecule has 18 heavy (non-hydrogen) atoms. The normalized spacial score (nSPS) is 35.9. The third-order valence-electron chi connectivity index (χ3n) is 3.00. The van der Waals surface area contributed by atoms with Crippen molar-refractivity contribution in [3.63, 3.8) is 0 Å². The Hall–Kier alpha value is -1.15. The van der Waals surface area contributed by atoms with Crippen molar-refractivity contribution in [3.8, 4) is 0 Å². The predicted octanol–water partition coefficient (Wildman–Crippen LogP) is -1.22. The van der Waals surface area contributed by atoms with Gasteiger partial charge in [-0.25, -0.2) is 4.79 Å². The molecule has 0 saturated carbocycles. The zero-order chi connectivity index (χ0) is 13.5. The van der Waals surface area contributed by atoms with Gasteiger partial charge in [0.05, 0.1) is 6.61 Å². The summed E-state index contributed by atoms with van der Waals surface area (Å²) in [6, 6.07) is 1.15. The molecule has 0 aliphatic carbocycles. The fraction of sp³-hybridized carbons (Fsp3) is 0.600. The van der Waals surface area contributed by atoms with E-state index < -0.39 is 41.2 Å². The second kappa shape index (κ2) is 4.51. The monoisotopic (exact) mass is 276 g/mol. The molecule has 1 aromatic heterocycles. The first kappa shape index (κ1) is 13.3. The molecule has 1 aromatic rings. The maximum absolute atomic E-state index is 11.6. The number of hydrogen-bond acceptors (Lipinski definition) is 5. The number of aromatic nitrogens is 2. The molecule has 0 amide bonds. The fourth-order valence-electron chi connectivity index (χ4n) is 1.97. The maximum Gasteiger partial charge on any atom is 0.330 e. The molecule has 1 saturated heterocycles. The van der Waals surface area contributed by atoms with Crippen LogP contribution in [0.25, 0.3) is 0 Å². The molecule has 1 aliphatic heterocycles. The van der Waals surface area contributed by atoms with Crippen LogP contribution >= 0.6 is 11.6 Å². The first-order chi connectivity index (χ1) is 8.37. The van der Waals surface area contributed by atoms with Gasteiger partial charge in [-0.3, -0.25) is 14.3 Å². The van der Waals surface area contributed by atoms with Crippen molar-refractivity contribution in [1.82, 2.24) is 9.55 Å². The van der Waals surface area contributed by atoms with Crippen molar-refractivity contribution in [2.45, 2.75) is 30.2 Å². The van der Waals surface area contributed by atoms with Crippen molar-refractivity contribution in [2.75, 3.05) is 6.61 Å². The number of aromatic amines is 1. The van der Waals surface area contributed by atoms with E-state index in [2.05, 4.69) is 4.98 Å². The number of ether oxygens (including phenoxy) is 1. The van der Waals surface area contributed by atoms with Gasteiger partial charge < -0.3 is 14.9 Å². The first-order valence-corrected chi connectivity index (χ1v) is 5.70. The van der Waals surface area contributed by atoms with E-state index in [0.29, 0.717) is 0 Å². The summed E-state index contributed by atoms with van der Waals surface area (Å²) in [5.41, 5.74) is -1.23. The Morgan fingerprint density at radius 2 is 2.28 bits per heavy atom. The van der Waals surface area contributed by atoms with E-state index in [1.165, 1.54) is 13.1 Å². The Labute approximate surface area is 107 Å². The van der Waals surface area contributed by atoms with Gasteiger partial charge in [0.1, 0.15) is 17.1 Å². The molecule has 2 unspecified atom stereocenters. The van der Waals surface area contributed by atoms with Crippen LogP contribution in [0.3, 0.4) is 0 Å². The Kier molecular flexibility index (Phi) is 3.33. The lowest BCUT2D eigenvalue weighted by Gasteiger charge is -2.26. The van der Waals surface area contributed by atoms with Crippen LogP contribution in [0.4, 0.5) is 0 Å². The molecule has 3 N–H and O–H groups in total. The van der Waals surface area contributed by atoms with E-state index in [1.54, 1.807) is 0 Å². The van der Waals surface area contributed by atoms with Crippen LogP contribution in [0.2, 0.25) is 0 Å². The number of aliphatic hydroxyl groups excluding tert-OH is 2. The number of rotatable bonds is 2. The van der Waals surface area contributed by atoms with Crippen molar-refractivity contribution in [1.29, 1.82) is 0 Å². The van der Waals surface area contributed by atoms with Gasteiger partial charge in [-0.05, 0) is 6.92 Å². The lowest BCUT2D eigenvalue weighted by molar-refractivity contribution is -0.0470. The minimum Gasteiger partial charge on any atom is -0.394 e. The van der Waals surface area contributed by atoms with Crippen LogP contribution in [0.5, 0.6) is 0 Å². The third kappa shape index (κ3) is 1.99. The zero-order valence-corrected chi connectivity index (χ0v) is 10.3. The number of halogens is 1. The quantitative estimate of drug-likeness (QED) is 0.588. The highest BCUT2D eigenvalue weighted by Gasteiger charge is 2.53. The molecule has 0 aromatic carbocycles. The summed E-state index contributed by atoms with van der Waals surface area (Å²) in [6.45, 7) is 1.08. The first-order valence-electron chi connectivity index (χ1n) is 5.32. The van der Waals surface area contributed by atoms with E-state index >= 15 is 0 Å². The zero-order valence-electron chi connectivity index (χ0n) is 9.54. The molecule has 1 aliphatic rings. The van der Waals surface area contributed by atoms with Crippen LogP contribution in [-0.2, 0) is 4.74 Å². The molecular formula is C10H13ClN2O5. The van der Waals surface area contributed by atoms with E-state index in [9.17, 15) is 14.7 Å². The minimum atomic E-state index is -1.28. The Morgan fingerprint density at radius 1 is 1.61 bits per heavy atom. The minimum absolute atomic E-state index is 0.419. The number of H-pyrrole nitrogens is 1. The molecule has 100 valence electrons. The van der Waals surface area contributed by atoms with Gasteiger partial charge in [0.15, 0.2) is 6.23 Å². The van der Waals surface area contributed by atoms with Crippen molar-refractivity contribution in [3.05, 3.63) is 33.1 Å². The number of alkyl halides is 1. The molecule has 1 fully saturated rings. The van der Waals surface area contributed by atoms with Crippen LogP contribution in [-0.4, -0.2) is 43.5 Å². The Balaban J connectivity index is 2.45. The van der Waals surface area contributed by atoms with Gasteiger partial charge in [-0.2, -0.15) is 0 Å². The number of aliphatic hydroxyl groups is 2. The van der Waals surface area contributed by atoms with E-state index in [1.807, 2.05) is 0 Å². The van der Waals surface area contributed by atoms with Gasteiger partial charge in [0.2, 0.25) is 0 Å². The Morgan fingerprint density at radius 3 is 2.78 bits per heavy atom.